The summed E-state index contributed by atoms with van der Waals surface area (Å²) in [6.45, 7) is 4.84. The Labute approximate surface area is 177 Å². The molecule has 1 fully saturated rings. The van der Waals surface area contributed by atoms with Crippen LogP contribution in [0.25, 0.3) is 0 Å². The van der Waals surface area contributed by atoms with Crippen LogP contribution in [0.4, 0.5) is 5.69 Å². The van der Waals surface area contributed by atoms with E-state index in [9.17, 15) is 9.59 Å². The number of ether oxygens (including phenoxy) is 2. The van der Waals surface area contributed by atoms with E-state index in [0.29, 0.717) is 18.0 Å². The molecule has 0 aliphatic carbocycles. The number of hydrogen-bond acceptors (Lipinski definition) is 4. The van der Waals surface area contributed by atoms with Crippen molar-refractivity contribution in [3.63, 3.8) is 0 Å². The predicted octanol–water partition coefficient (Wildman–Crippen LogP) is 2.86. The highest BCUT2D eigenvalue weighted by Crippen LogP contribution is 2.27. The van der Waals surface area contributed by atoms with Gasteiger partial charge in [-0.25, -0.2) is 0 Å². The Morgan fingerprint density at radius 3 is 2.63 bits per heavy atom. The highest BCUT2D eigenvalue weighted by atomic mass is 16.5. The number of benzene rings is 2. The highest BCUT2D eigenvalue weighted by molar-refractivity contribution is 6.00. The highest BCUT2D eigenvalue weighted by Gasteiger charge is 2.34. The van der Waals surface area contributed by atoms with E-state index in [1.807, 2.05) is 50.2 Å². The lowest BCUT2D eigenvalue weighted by molar-refractivity contribution is -0.126. The van der Waals surface area contributed by atoms with Crippen molar-refractivity contribution in [2.24, 2.45) is 5.92 Å². The van der Waals surface area contributed by atoms with Gasteiger partial charge in [-0.2, -0.15) is 0 Å². The Bertz CT molecular complexity index is 990. The minimum atomic E-state index is -0.370. The summed E-state index contributed by atoms with van der Waals surface area (Å²) >= 11 is 0. The molecule has 1 aliphatic rings. The van der Waals surface area contributed by atoms with Gasteiger partial charge in [0.05, 0.1) is 19.6 Å². The van der Waals surface area contributed by atoms with Crippen molar-refractivity contribution in [2.75, 3.05) is 31.7 Å². The molecule has 30 heavy (non-hydrogen) atoms. The average Bonchev–Trinajstić information content (AvgIpc) is 3.14. The van der Waals surface area contributed by atoms with Crippen molar-refractivity contribution in [3.8, 4) is 23.3 Å². The first-order valence-corrected chi connectivity index (χ1v) is 9.86. The molecule has 2 aromatic carbocycles. The van der Waals surface area contributed by atoms with E-state index in [4.69, 9.17) is 9.47 Å². The van der Waals surface area contributed by atoms with E-state index in [2.05, 4.69) is 17.2 Å². The molecule has 1 aliphatic heterocycles. The van der Waals surface area contributed by atoms with Gasteiger partial charge < -0.3 is 19.7 Å². The van der Waals surface area contributed by atoms with E-state index in [1.54, 1.807) is 18.1 Å². The third-order valence-corrected chi connectivity index (χ3v) is 5.14. The number of nitrogens with zero attached hydrogens (tertiary/aromatic N) is 1. The molecule has 1 saturated heterocycles. The van der Waals surface area contributed by atoms with Gasteiger partial charge in [-0.1, -0.05) is 30.0 Å². The molecule has 2 aromatic rings. The first-order valence-electron chi connectivity index (χ1n) is 9.86. The SMILES string of the molecule is COc1ccccc1OCC#CCNC(=O)C1CC(=O)N(c2ccc(C)c(C)c2)C1. The number of hydrogen-bond donors (Lipinski definition) is 1. The lowest BCUT2D eigenvalue weighted by Crippen LogP contribution is -2.33. The molecule has 3 rings (SSSR count). The first-order chi connectivity index (χ1) is 14.5. The Kier molecular flexibility index (Phi) is 6.97. The van der Waals surface area contributed by atoms with Crippen LogP contribution in [0.3, 0.4) is 0 Å². The Morgan fingerprint density at radius 2 is 1.90 bits per heavy atom. The van der Waals surface area contributed by atoms with Crippen molar-refractivity contribution in [1.82, 2.24) is 5.32 Å². The smallest absolute Gasteiger partial charge is 0.227 e. The van der Waals surface area contributed by atoms with Crippen LogP contribution in [0.2, 0.25) is 0 Å². The number of methoxy groups -OCH3 is 1. The van der Waals surface area contributed by atoms with Gasteiger partial charge in [0.15, 0.2) is 11.5 Å². The third kappa shape index (κ3) is 5.12. The Hall–Kier alpha value is -3.46. The molecule has 0 bridgehead atoms. The van der Waals surface area contributed by atoms with Gasteiger partial charge in [0, 0.05) is 18.7 Å². The van der Waals surface area contributed by atoms with Crippen molar-refractivity contribution in [3.05, 3.63) is 53.6 Å². The zero-order valence-corrected chi connectivity index (χ0v) is 17.5. The van der Waals surface area contributed by atoms with Gasteiger partial charge in [-0.3, -0.25) is 9.59 Å². The Balaban J connectivity index is 1.46. The van der Waals surface area contributed by atoms with Crippen molar-refractivity contribution in [2.45, 2.75) is 20.3 Å². The molecule has 0 spiro atoms. The number of para-hydroxylation sites is 2. The van der Waals surface area contributed by atoms with Gasteiger partial charge in [-0.15, -0.1) is 0 Å². The van der Waals surface area contributed by atoms with E-state index in [1.165, 1.54) is 5.56 Å². The molecule has 0 radical (unpaired) electrons. The first kappa shape index (κ1) is 21.3. The zero-order chi connectivity index (χ0) is 21.5. The lowest BCUT2D eigenvalue weighted by atomic mass is 10.1. The Morgan fingerprint density at radius 1 is 1.13 bits per heavy atom. The molecular formula is C24H26N2O4. The number of amides is 2. The van der Waals surface area contributed by atoms with Crippen molar-refractivity contribution < 1.29 is 19.1 Å². The molecule has 1 heterocycles. The lowest BCUT2D eigenvalue weighted by Gasteiger charge is -2.17. The maximum absolute atomic E-state index is 12.4. The molecule has 2 amide bonds. The number of rotatable bonds is 6. The molecule has 0 aromatic heterocycles. The van der Waals surface area contributed by atoms with Crippen LogP contribution in [0, 0.1) is 31.6 Å². The summed E-state index contributed by atoms with van der Waals surface area (Å²) < 4.78 is 10.8. The summed E-state index contributed by atoms with van der Waals surface area (Å²) in [5.74, 6) is 6.44. The molecule has 6 heteroatoms. The second-order valence-corrected chi connectivity index (χ2v) is 7.18. The largest absolute Gasteiger partial charge is 0.493 e. The number of aryl methyl sites for hydroxylation is 2. The second-order valence-electron chi connectivity index (χ2n) is 7.18. The number of anilines is 1. The topological polar surface area (TPSA) is 67.9 Å². The van der Waals surface area contributed by atoms with Gasteiger partial charge >= 0.3 is 0 Å². The molecule has 0 saturated carbocycles. The predicted molar refractivity (Wildman–Crippen MR) is 116 cm³/mol. The van der Waals surface area contributed by atoms with E-state index in [0.717, 1.165) is 11.3 Å². The molecule has 1 atom stereocenters. The van der Waals surface area contributed by atoms with E-state index in [-0.39, 0.29) is 37.3 Å². The van der Waals surface area contributed by atoms with Crippen LogP contribution in [0.15, 0.2) is 42.5 Å². The second kappa shape index (κ2) is 9.84. The van der Waals surface area contributed by atoms with Crippen LogP contribution in [0.5, 0.6) is 11.5 Å². The summed E-state index contributed by atoms with van der Waals surface area (Å²) in [5, 5.41) is 2.79. The average molecular weight is 406 g/mol. The number of carbonyl (C=O) groups is 2. The fraction of sp³-hybridized carbons (Fsp3) is 0.333. The van der Waals surface area contributed by atoms with Crippen molar-refractivity contribution in [1.29, 1.82) is 0 Å². The molecular weight excluding hydrogens is 380 g/mol. The summed E-state index contributed by atoms with van der Waals surface area (Å²) in [6, 6.07) is 13.2. The van der Waals surface area contributed by atoms with Gasteiger partial charge in [0.1, 0.15) is 6.61 Å². The van der Waals surface area contributed by atoms with Crippen LogP contribution in [-0.4, -0.2) is 38.6 Å². The monoisotopic (exact) mass is 406 g/mol. The number of carbonyl (C=O) groups excluding carboxylic acids is 2. The summed E-state index contributed by atoms with van der Waals surface area (Å²) in [4.78, 5) is 26.5. The van der Waals surface area contributed by atoms with Gasteiger partial charge in [-0.05, 0) is 49.2 Å². The minimum absolute atomic E-state index is 0.0327. The van der Waals surface area contributed by atoms with Crippen LogP contribution >= 0.6 is 0 Å². The van der Waals surface area contributed by atoms with Gasteiger partial charge in [0.2, 0.25) is 11.8 Å². The molecule has 6 nitrogen and oxygen atoms in total. The van der Waals surface area contributed by atoms with Gasteiger partial charge in [0.25, 0.3) is 0 Å². The maximum Gasteiger partial charge on any atom is 0.227 e. The quantitative estimate of drug-likeness (QED) is 0.749. The van der Waals surface area contributed by atoms with Crippen molar-refractivity contribution >= 4 is 17.5 Å². The maximum atomic E-state index is 12.4. The fourth-order valence-electron chi connectivity index (χ4n) is 3.27. The summed E-state index contributed by atoms with van der Waals surface area (Å²) in [5.41, 5.74) is 3.14. The van der Waals surface area contributed by atoms with Crippen LogP contribution in [-0.2, 0) is 9.59 Å². The van der Waals surface area contributed by atoms with Crippen LogP contribution in [0.1, 0.15) is 17.5 Å². The standard InChI is InChI=1S/C24H26N2O4/c1-17-10-11-20(14-18(17)2)26-16-19(15-23(26)27)24(28)25-12-6-7-13-30-22-9-5-4-8-21(22)29-3/h4-5,8-11,14,19H,12-13,15-16H2,1-3H3,(H,25,28). The number of nitrogens with one attached hydrogen (secondary N) is 1. The normalized spacial score (nSPS) is 15.4. The van der Waals surface area contributed by atoms with E-state index < -0.39 is 0 Å². The minimum Gasteiger partial charge on any atom is -0.493 e. The zero-order valence-electron chi connectivity index (χ0n) is 17.5. The van der Waals surface area contributed by atoms with Crippen LogP contribution < -0.4 is 19.7 Å². The third-order valence-electron chi connectivity index (χ3n) is 5.14. The molecule has 156 valence electrons. The molecule has 1 N–H and O–H groups in total. The molecule has 1 unspecified atom stereocenters. The van der Waals surface area contributed by atoms with E-state index >= 15 is 0 Å². The summed E-state index contributed by atoms with van der Waals surface area (Å²) in [6.07, 6.45) is 0.211. The fourth-order valence-corrected chi connectivity index (χ4v) is 3.27. The summed E-state index contributed by atoms with van der Waals surface area (Å²) in [7, 11) is 1.58.